The van der Waals surface area contributed by atoms with Crippen LogP contribution in [0.3, 0.4) is 0 Å². The maximum atomic E-state index is 10.9. The highest BCUT2D eigenvalue weighted by molar-refractivity contribution is 5.34. The van der Waals surface area contributed by atoms with E-state index in [1.165, 1.54) is 11.6 Å². The van der Waals surface area contributed by atoms with Gasteiger partial charge in [0.05, 0.1) is 4.92 Å². The molecule has 0 aliphatic carbocycles. The van der Waals surface area contributed by atoms with Crippen LogP contribution in [-0.2, 0) is 11.3 Å². The number of hydrogen-bond acceptors (Lipinski definition) is 4. The molecule has 24 heavy (non-hydrogen) atoms. The molecule has 1 aliphatic heterocycles. The summed E-state index contributed by atoms with van der Waals surface area (Å²) in [6.45, 7) is 2.27. The number of non-ortho nitro benzene ring substituents is 1. The monoisotopic (exact) mass is 326 g/mol. The van der Waals surface area contributed by atoms with Gasteiger partial charge in [0, 0.05) is 37.9 Å². The van der Waals surface area contributed by atoms with E-state index in [-0.39, 0.29) is 16.7 Å². The van der Waals surface area contributed by atoms with Gasteiger partial charge in [-0.2, -0.15) is 0 Å². The Kier molecular flexibility index (Phi) is 5.56. The van der Waals surface area contributed by atoms with Crippen molar-refractivity contribution in [3.63, 3.8) is 0 Å². The zero-order valence-corrected chi connectivity index (χ0v) is 13.6. The highest BCUT2D eigenvalue weighted by Crippen LogP contribution is 2.27. The lowest BCUT2D eigenvalue weighted by Gasteiger charge is -2.22. The predicted molar refractivity (Wildman–Crippen MR) is 92.7 cm³/mol. The third kappa shape index (κ3) is 4.40. The van der Waals surface area contributed by atoms with E-state index in [4.69, 9.17) is 4.74 Å². The van der Waals surface area contributed by atoms with Gasteiger partial charge in [-0.1, -0.05) is 42.5 Å². The van der Waals surface area contributed by atoms with Crippen LogP contribution in [0.25, 0.3) is 0 Å². The number of nitro benzene ring substituents is 1. The number of ether oxygens (including phenoxy) is 1. The molecule has 3 rings (SSSR count). The average molecular weight is 326 g/mol. The lowest BCUT2D eigenvalue weighted by atomic mass is 9.94. The summed E-state index contributed by atoms with van der Waals surface area (Å²) < 4.78 is 5.50. The van der Waals surface area contributed by atoms with Crippen molar-refractivity contribution in [2.24, 2.45) is 5.92 Å². The zero-order valence-electron chi connectivity index (χ0n) is 13.6. The highest BCUT2D eigenvalue weighted by atomic mass is 16.6. The van der Waals surface area contributed by atoms with Crippen molar-refractivity contribution in [3.05, 3.63) is 75.8 Å². The number of benzene rings is 2. The van der Waals surface area contributed by atoms with E-state index in [9.17, 15) is 10.1 Å². The average Bonchev–Trinajstić information content (AvgIpc) is 3.12. The van der Waals surface area contributed by atoms with Crippen LogP contribution in [0.5, 0.6) is 0 Å². The van der Waals surface area contributed by atoms with E-state index in [0.717, 1.165) is 31.6 Å². The van der Waals surface area contributed by atoms with Gasteiger partial charge in [-0.05, 0) is 29.9 Å². The van der Waals surface area contributed by atoms with E-state index in [2.05, 4.69) is 17.4 Å². The van der Waals surface area contributed by atoms with Crippen LogP contribution in [0, 0.1) is 16.0 Å². The van der Waals surface area contributed by atoms with Crippen LogP contribution < -0.4 is 5.32 Å². The number of hydrogen-bond donors (Lipinski definition) is 1. The summed E-state index contributed by atoms with van der Waals surface area (Å²) in [6, 6.07) is 17.4. The summed E-state index contributed by atoms with van der Waals surface area (Å²) in [5.41, 5.74) is 2.30. The number of rotatable bonds is 7. The van der Waals surface area contributed by atoms with Gasteiger partial charge < -0.3 is 10.1 Å². The van der Waals surface area contributed by atoms with Crippen LogP contribution in [0.4, 0.5) is 5.69 Å². The van der Waals surface area contributed by atoms with Gasteiger partial charge in [-0.3, -0.25) is 10.1 Å². The molecule has 1 aliphatic rings. The fourth-order valence-corrected chi connectivity index (χ4v) is 3.15. The Balaban J connectivity index is 1.69. The second-order valence-electron chi connectivity index (χ2n) is 6.24. The maximum Gasteiger partial charge on any atom is 0.269 e. The Morgan fingerprint density at radius 1 is 1.21 bits per heavy atom. The Morgan fingerprint density at radius 3 is 2.75 bits per heavy atom. The molecule has 2 aromatic rings. The number of nitrogens with zero attached hydrogens (tertiary/aromatic N) is 1. The third-order valence-electron chi connectivity index (χ3n) is 4.47. The molecule has 5 nitrogen and oxygen atoms in total. The minimum atomic E-state index is -0.353. The molecule has 126 valence electrons. The van der Waals surface area contributed by atoms with Crippen LogP contribution in [0.2, 0.25) is 0 Å². The van der Waals surface area contributed by atoms with Gasteiger partial charge in [0.1, 0.15) is 0 Å². The molecular formula is C19H22N2O3. The van der Waals surface area contributed by atoms with E-state index < -0.39 is 0 Å². The summed E-state index contributed by atoms with van der Waals surface area (Å²) in [6.07, 6.45) is 2.11. The second kappa shape index (κ2) is 8.04. The van der Waals surface area contributed by atoms with E-state index in [0.29, 0.717) is 12.5 Å². The van der Waals surface area contributed by atoms with Crippen molar-refractivity contribution in [3.8, 4) is 0 Å². The Bertz CT molecular complexity index is 669. The molecule has 1 fully saturated rings. The van der Waals surface area contributed by atoms with Crippen molar-refractivity contribution in [1.82, 2.24) is 5.32 Å². The SMILES string of the molecule is O=[N+]([O-])c1cccc(CN[C@H](C[C@@H]2CCOC2)c2ccccc2)c1. The molecule has 2 atom stereocenters. The molecule has 0 aromatic heterocycles. The predicted octanol–water partition coefficient (Wildman–Crippen LogP) is 3.85. The second-order valence-corrected chi connectivity index (χ2v) is 6.24. The lowest BCUT2D eigenvalue weighted by Crippen LogP contribution is -2.23. The quantitative estimate of drug-likeness (QED) is 0.620. The van der Waals surface area contributed by atoms with Gasteiger partial charge in [0.15, 0.2) is 0 Å². The summed E-state index contributed by atoms with van der Waals surface area (Å²) in [7, 11) is 0. The molecule has 0 saturated carbocycles. The first-order chi connectivity index (χ1) is 11.7. The van der Waals surface area contributed by atoms with E-state index in [1.807, 2.05) is 24.3 Å². The normalized spacial score (nSPS) is 18.4. The minimum Gasteiger partial charge on any atom is -0.381 e. The Hall–Kier alpha value is -2.24. The van der Waals surface area contributed by atoms with Gasteiger partial charge in [-0.15, -0.1) is 0 Å². The third-order valence-corrected chi connectivity index (χ3v) is 4.47. The fraction of sp³-hybridized carbons (Fsp3) is 0.368. The lowest BCUT2D eigenvalue weighted by molar-refractivity contribution is -0.384. The van der Waals surface area contributed by atoms with Crippen LogP contribution >= 0.6 is 0 Å². The Labute approximate surface area is 141 Å². The first kappa shape index (κ1) is 16.6. The molecular weight excluding hydrogens is 304 g/mol. The fourth-order valence-electron chi connectivity index (χ4n) is 3.15. The molecule has 1 heterocycles. The number of nitrogens with one attached hydrogen (secondary N) is 1. The minimum absolute atomic E-state index is 0.134. The van der Waals surface area contributed by atoms with E-state index in [1.54, 1.807) is 12.1 Å². The molecule has 1 N–H and O–H groups in total. The summed E-state index contributed by atoms with van der Waals surface area (Å²) in [5.74, 6) is 0.563. The first-order valence-electron chi connectivity index (χ1n) is 8.32. The van der Waals surface area contributed by atoms with E-state index >= 15 is 0 Å². The molecule has 0 bridgehead atoms. The smallest absolute Gasteiger partial charge is 0.269 e. The largest absolute Gasteiger partial charge is 0.381 e. The number of nitro groups is 1. The van der Waals surface area contributed by atoms with Crippen LogP contribution in [0.1, 0.15) is 30.0 Å². The van der Waals surface area contributed by atoms with Crippen molar-refractivity contribution < 1.29 is 9.66 Å². The topological polar surface area (TPSA) is 64.4 Å². The van der Waals surface area contributed by atoms with Crippen molar-refractivity contribution >= 4 is 5.69 Å². The first-order valence-corrected chi connectivity index (χ1v) is 8.32. The summed E-state index contributed by atoms with van der Waals surface area (Å²) in [5, 5.41) is 14.5. The van der Waals surface area contributed by atoms with Crippen LogP contribution in [0.15, 0.2) is 54.6 Å². The van der Waals surface area contributed by atoms with Crippen molar-refractivity contribution in [2.75, 3.05) is 13.2 Å². The molecule has 5 heteroatoms. The summed E-state index contributed by atoms with van der Waals surface area (Å²) >= 11 is 0. The summed E-state index contributed by atoms with van der Waals surface area (Å²) in [4.78, 5) is 10.6. The molecule has 1 saturated heterocycles. The van der Waals surface area contributed by atoms with Gasteiger partial charge in [-0.25, -0.2) is 0 Å². The molecule has 2 aromatic carbocycles. The van der Waals surface area contributed by atoms with Crippen LogP contribution in [-0.4, -0.2) is 18.1 Å². The highest BCUT2D eigenvalue weighted by Gasteiger charge is 2.21. The standard InChI is InChI=1S/C19H22N2O3/c22-21(23)18-8-4-5-15(11-18)13-20-19(12-16-9-10-24-14-16)17-6-2-1-3-7-17/h1-8,11,16,19-20H,9-10,12-14H2/t16-,19+/m0/s1. The molecule has 0 amide bonds. The Morgan fingerprint density at radius 2 is 2.04 bits per heavy atom. The molecule has 0 spiro atoms. The molecule has 0 unspecified atom stereocenters. The van der Waals surface area contributed by atoms with Gasteiger partial charge >= 0.3 is 0 Å². The van der Waals surface area contributed by atoms with Gasteiger partial charge in [0.2, 0.25) is 0 Å². The van der Waals surface area contributed by atoms with Crippen molar-refractivity contribution in [1.29, 1.82) is 0 Å². The zero-order chi connectivity index (χ0) is 16.8. The van der Waals surface area contributed by atoms with Crippen molar-refractivity contribution in [2.45, 2.75) is 25.4 Å². The van der Waals surface area contributed by atoms with Gasteiger partial charge in [0.25, 0.3) is 5.69 Å². The maximum absolute atomic E-state index is 10.9. The molecule has 0 radical (unpaired) electrons.